The van der Waals surface area contributed by atoms with Crippen LogP contribution >= 0.6 is 0 Å². The standard InChI is InChI=1S/C12H17NO3/c1-3-8-16-11-6-4-10(5-7-11)9-13-12(14)15-2/h4-7H,3,8-9H2,1-2H3,(H,13,14). The first kappa shape index (κ1) is 12.4. The number of hydrogen-bond donors (Lipinski definition) is 1. The maximum atomic E-state index is 10.8. The second-order valence-electron chi connectivity index (χ2n) is 3.34. The Hall–Kier alpha value is -1.71. The molecule has 0 saturated heterocycles. The average molecular weight is 223 g/mol. The monoisotopic (exact) mass is 223 g/mol. The fraction of sp³-hybridized carbons (Fsp3) is 0.417. The third-order valence-corrected chi connectivity index (χ3v) is 2.02. The summed E-state index contributed by atoms with van der Waals surface area (Å²) in [5, 5.41) is 2.61. The van der Waals surface area contributed by atoms with Gasteiger partial charge in [-0.3, -0.25) is 0 Å². The molecule has 0 unspecified atom stereocenters. The van der Waals surface area contributed by atoms with Gasteiger partial charge in [0, 0.05) is 6.54 Å². The lowest BCUT2D eigenvalue weighted by Gasteiger charge is -2.06. The first-order valence-electron chi connectivity index (χ1n) is 5.29. The molecule has 0 aliphatic heterocycles. The van der Waals surface area contributed by atoms with Crippen LogP contribution in [-0.4, -0.2) is 19.8 Å². The summed E-state index contributed by atoms with van der Waals surface area (Å²) in [6.07, 6.45) is 0.567. The average Bonchev–Trinajstić information content (AvgIpc) is 2.34. The molecule has 0 bridgehead atoms. The first-order valence-corrected chi connectivity index (χ1v) is 5.29. The van der Waals surface area contributed by atoms with E-state index < -0.39 is 6.09 Å². The third-order valence-electron chi connectivity index (χ3n) is 2.02. The van der Waals surface area contributed by atoms with Gasteiger partial charge in [0.25, 0.3) is 0 Å². The molecule has 0 atom stereocenters. The van der Waals surface area contributed by atoms with Crippen molar-refractivity contribution in [3.63, 3.8) is 0 Å². The summed E-state index contributed by atoms with van der Waals surface area (Å²) in [5.41, 5.74) is 1.01. The summed E-state index contributed by atoms with van der Waals surface area (Å²) in [5.74, 6) is 0.851. The molecule has 16 heavy (non-hydrogen) atoms. The highest BCUT2D eigenvalue weighted by Gasteiger charge is 1.99. The van der Waals surface area contributed by atoms with Crippen LogP contribution in [0.3, 0.4) is 0 Å². The lowest BCUT2D eigenvalue weighted by Crippen LogP contribution is -2.22. The summed E-state index contributed by atoms with van der Waals surface area (Å²) in [7, 11) is 1.34. The van der Waals surface area contributed by atoms with Crippen LogP contribution < -0.4 is 10.1 Å². The minimum absolute atomic E-state index is 0.425. The summed E-state index contributed by atoms with van der Waals surface area (Å²) in [4.78, 5) is 10.8. The summed E-state index contributed by atoms with van der Waals surface area (Å²) >= 11 is 0. The Morgan fingerprint density at radius 1 is 1.31 bits per heavy atom. The SMILES string of the molecule is CCCOc1ccc(CNC(=O)OC)cc1. The molecule has 88 valence electrons. The minimum atomic E-state index is -0.425. The Labute approximate surface area is 95.6 Å². The zero-order chi connectivity index (χ0) is 11.8. The molecular formula is C12H17NO3. The van der Waals surface area contributed by atoms with Gasteiger partial charge in [-0.2, -0.15) is 0 Å². The third kappa shape index (κ3) is 4.21. The predicted octanol–water partition coefficient (Wildman–Crippen LogP) is 2.33. The number of methoxy groups -OCH3 is 1. The van der Waals surface area contributed by atoms with E-state index in [1.807, 2.05) is 24.3 Å². The first-order chi connectivity index (χ1) is 7.76. The van der Waals surface area contributed by atoms with E-state index in [0.29, 0.717) is 6.54 Å². The largest absolute Gasteiger partial charge is 0.494 e. The highest BCUT2D eigenvalue weighted by molar-refractivity contribution is 5.66. The number of alkyl carbamates (subject to hydrolysis) is 1. The number of hydrogen-bond acceptors (Lipinski definition) is 3. The molecule has 1 aromatic rings. The van der Waals surface area contributed by atoms with Gasteiger partial charge in [0.15, 0.2) is 0 Å². The van der Waals surface area contributed by atoms with Gasteiger partial charge in [-0.1, -0.05) is 19.1 Å². The van der Waals surface area contributed by atoms with Crippen molar-refractivity contribution < 1.29 is 14.3 Å². The van der Waals surface area contributed by atoms with Gasteiger partial charge in [0.05, 0.1) is 13.7 Å². The normalized spacial score (nSPS) is 9.62. The molecular weight excluding hydrogens is 206 g/mol. The number of carbonyl (C=O) groups is 1. The van der Waals surface area contributed by atoms with Gasteiger partial charge < -0.3 is 14.8 Å². The van der Waals surface area contributed by atoms with Crippen LogP contribution in [0.5, 0.6) is 5.75 Å². The number of amides is 1. The Morgan fingerprint density at radius 3 is 2.56 bits per heavy atom. The van der Waals surface area contributed by atoms with E-state index in [0.717, 1.165) is 24.3 Å². The van der Waals surface area contributed by atoms with Crippen LogP contribution in [0.25, 0.3) is 0 Å². The fourth-order valence-electron chi connectivity index (χ4n) is 1.17. The van der Waals surface area contributed by atoms with Crippen molar-refractivity contribution in [1.29, 1.82) is 0 Å². The number of benzene rings is 1. The van der Waals surface area contributed by atoms with Gasteiger partial charge in [-0.25, -0.2) is 4.79 Å². The maximum absolute atomic E-state index is 10.8. The van der Waals surface area contributed by atoms with Crippen molar-refractivity contribution in [2.24, 2.45) is 0 Å². The molecule has 1 aromatic carbocycles. The number of rotatable bonds is 5. The minimum Gasteiger partial charge on any atom is -0.494 e. The molecule has 1 rings (SSSR count). The van der Waals surface area contributed by atoms with Gasteiger partial charge in [-0.15, -0.1) is 0 Å². The smallest absolute Gasteiger partial charge is 0.407 e. The maximum Gasteiger partial charge on any atom is 0.407 e. The number of ether oxygens (including phenoxy) is 2. The second-order valence-corrected chi connectivity index (χ2v) is 3.34. The Morgan fingerprint density at radius 2 is 2.00 bits per heavy atom. The fourth-order valence-corrected chi connectivity index (χ4v) is 1.17. The van der Waals surface area contributed by atoms with E-state index in [-0.39, 0.29) is 0 Å². The highest BCUT2D eigenvalue weighted by atomic mass is 16.5. The van der Waals surface area contributed by atoms with Crippen LogP contribution in [0.4, 0.5) is 4.79 Å². The summed E-state index contributed by atoms with van der Waals surface area (Å²) in [6, 6.07) is 7.62. The van der Waals surface area contributed by atoms with Crippen molar-refractivity contribution in [2.45, 2.75) is 19.9 Å². The number of carbonyl (C=O) groups excluding carboxylic acids is 1. The highest BCUT2D eigenvalue weighted by Crippen LogP contribution is 2.12. The van der Waals surface area contributed by atoms with E-state index in [1.165, 1.54) is 7.11 Å². The molecule has 4 heteroatoms. The Balaban J connectivity index is 2.41. The molecule has 0 aromatic heterocycles. The van der Waals surface area contributed by atoms with E-state index in [2.05, 4.69) is 17.0 Å². The van der Waals surface area contributed by atoms with Crippen molar-refractivity contribution >= 4 is 6.09 Å². The van der Waals surface area contributed by atoms with Crippen molar-refractivity contribution in [3.8, 4) is 5.75 Å². The Bertz CT molecular complexity index is 322. The van der Waals surface area contributed by atoms with Crippen LogP contribution in [0.1, 0.15) is 18.9 Å². The van der Waals surface area contributed by atoms with Crippen LogP contribution in [0, 0.1) is 0 Å². The molecule has 4 nitrogen and oxygen atoms in total. The summed E-state index contributed by atoms with van der Waals surface area (Å²) in [6.45, 7) is 3.25. The quantitative estimate of drug-likeness (QED) is 0.833. The van der Waals surface area contributed by atoms with Crippen LogP contribution in [0.15, 0.2) is 24.3 Å². The van der Waals surface area contributed by atoms with Crippen molar-refractivity contribution in [2.75, 3.05) is 13.7 Å². The Kier molecular flexibility index (Phi) is 5.19. The molecule has 0 aliphatic rings. The lowest BCUT2D eigenvalue weighted by atomic mass is 10.2. The molecule has 0 heterocycles. The molecule has 1 N–H and O–H groups in total. The van der Waals surface area contributed by atoms with E-state index in [9.17, 15) is 4.79 Å². The molecule has 0 aliphatic carbocycles. The number of nitrogens with one attached hydrogen (secondary N) is 1. The molecule has 0 saturated carbocycles. The topological polar surface area (TPSA) is 47.6 Å². The van der Waals surface area contributed by atoms with Crippen molar-refractivity contribution in [1.82, 2.24) is 5.32 Å². The van der Waals surface area contributed by atoms with Gasteiger partial charge in [0.2, 0.25) is 0 Å². The zero-order valence-corrected chi connectivity index (χ0v) is 9.66. The predicted molar refractivity (Wildman–Crippen MR) is 61.5 cm³/mol. The molecule has 0 fully saturated rings. The van der Waals surface area contributed by atoms with E-state index in [4.69, 9.17) is 4.74 Å². The summed E-state index contributed by atoms with van der Waals surface area (Å²) < 4.78 is 9.92. The van der Waals surface area contributed by atoms with Crippen LogP contribution in [-0.2, 0) is 11.3 Å². The van der Waals surface area contributed by atoms with Crippen LogP contribution in [0.2, 0.25) is 0 Å². The van der Waals surface area contributed by atoms with Crippen molar-refractivity contribution in [3.05, 3.63) is 29.8 Å². The molecule has 0 radical (unpaired) electrons. The molecule has 1 amide bonds. The van der Waals surface area contributed by atoms with Gasteiger partial charge in [-0.05, 0) is 24.1 Å². The van der Waals surface area contributed by atoms with Gasteiger partial charge >= 0.3 is 6.09 Å². The van der Waals surface area contributed by atoms with Gasteiger partial charge in [0.1, 0.15) is 5.75 Å². The van der Waals surface area contributed by atoms with E-state index >= 15 is 0 Å². The van der Waals surface area contributed by atoms with E-state index in [1.54, 1.807) is 0 Å². The lowest BCUT2D eigenvalue weighted by molar-refractivity contribution is 0.170. The second kappa shape index (κ2) is 6.71. The molecule has 0 spiro atoms. The zero-order valence-electron chi connectivity index (χ0n) is 9.66.